The molecule has 1 aromatic rings. The number of anilines is 1. The van der Waals surface area contributed by atoms with Crippen molar-refractivity contribution in [3.63, 3.8) is 0 Å². The molecular weight excluding hydrogens is 326 g/mol. The molecule has 1 amide bonds. The van der Waals surface area contributed by atoms with Gasteiger partial charge in [-0.3, -0.25) is 9.52 Å². The smallest absolute Gasteiger partial charge is 0.253 e. The van der Waals surface area contributed by atoms with Gasteiger partial charge in [0.15, 0.2) is 0 Å². The molecule has 1 aliphatic rings. The first-order valence-electron chi connectivity index (χ1n) is 8.57. The molecule has 0 spiro atoms. The number of hydrogen-bond acceptors (Lipinski definition) is 4. The lowest BCUT2D eigenvalue weighted by molar-refractivity contribution is 0.0916. The molecule has 6 nitrogen and oxygen atoms in total. The number of para-hydroxylation sites is 1. The topological polar surface area (TPSA) is 101 Å². The molecule has 134 valence electrons. The first-order chi connectivity index (χ1) is 11.5. The second kappa shape index (κ2) is 8.48. The SMILES string of the molecule is CCS(=O)(=O)Nc1ccccc1C(=O)NC(CN)C1CCCCC1. The van der Waals surface area contributed by atoms with Gasteiger partial charge in [0.05, 0.1) is 17.0 Å². The van der Waals surface area contributed by atoms with Crippen molar-refractivity contribution in [2.75, 3.05) is 17.0 Å². The lowest BCUT2D eigenvalue weighted by Crippen LogP contribution is -2.46. The fraction of sp³-hybridized carbons (Fsp3) is 0.588. The van der Waals surface area contributed by atoms with Crippen molar-refractivity contribution in [2.24, 2.45) is 11.7 Å². The standard InChI is InChI=1S/C17H27N3O3S/c1-2-24(22,23)20-15-11-7-6-10-14(15)17(21)19-16(12-18)13-8-4-3-5-9-13/h6-7,10-11,13,16,20H,2-5,8-9,12,18H2,1H3,(H,19,21). The first-order valence-corrected chi connectivity index (χ1v) is 10.2. The summed E-state index contributed by atoms with van der Waals surface area (Å²) in [5.74, 6) is 0.0637. The van der Waals surface area contributed by atoms with Crippen molar-refractivity contribution >= 4 is 21.6 Å². The second-order valence-corrected chi connectivity index (χ2v) is 8.28. The van der Waals surface area contributed by atoms with Crippen LogP contribution in [0.1, 0.15) is 49.4 Å². The van der Waals surface area contributed by atoms with Gasteiger partial charge in [0, 0.05) is 12.6 Å². The van der Waals surface area contributed by atoms with Gasteiger partial charge in [-0.05, 0) is 37.8 Å². The Balaban J connectivity index is 2.14. The van der Waals surface area contributed by atoms with Gasteiger partial charge in [-0.15, -0.1) is 0 Å². The van der Waals surface area contributed by atoms with Crippen molar-refractivity contribution in [1.82, 2.24) is 5.32 Å². The Kier molecular flexibility index (Phi) is 6.62. The van der Waals surface area contributed by atoms with Gasteiger partial charge in [-0.2, -0.15) is 0 Å². The van der Waals surface area contributed by atoms with E-state index in [0.29, 0.717) is 23.7 Å². The van der Waals surface area contributed by atoms with Crippen molar-refractivity contribution in [1.29, 1.82) is 0 Å². The molecule has 4 N–H and O–H groups in total. The van der Waals surface area contributed by atoms with E-state index in [-0.39, 0.29) is 17.7 Å². The largest absolute Gasteiger partial charge is 0.348 e. The van der Waals surface area contributed by atoms with Crippen molar-refractivity contribution in [3.05, 3.63) is 29.8 Å². The molecule has 2 rings (SSSR count). The maximum atomic E-state index is 12.7. The summed E-state index contributed by atoms with van der Waals surface area (Å²) in [6.07, 6.45) is 5.73. The van der Waals surface area contributed by atoms with E-state index in [1.54, 1.807) is 31.2 Å². The quantitative estimate of drug-likeness (QED) is 0.698. The van der Waals surface area contributed by atoms with Gasteiger partial charge in [-0.25, -0.2) is 8.42 Å². The van der Waals surface area contributed by atoms with Crippen LogP contribution >= 0.6 is 0 Å². The average molecular weight is 353 g/mol. The Morgan fingerprint density at radius 3 is 2.54 bits per heavy atom. The molecule has 1 fully saturated rings. The molecule has 1 aliphatic carbocycles. The van der Waals surface area contributed by atoms with Crippen LogP contribution in [0, 0.1) is 5.92 Å². The van der Waals surface area contributed by atoms with E-state index in [1.807, 2.05) is 0 Å². The van der Waals surface area contributed by atoms with Crippen LogP contribution in [0.15, 0.2) is 24.3 Å². The van der Waals surface area contributed by atoms with E-state index in [2.05, 4.69) is 10.0 Å². The minimum absolute atomic E-state index is 0.0452. The molecule has 1 saturated carbocycles. The van der Waals surface area contributed by atoms with Gasteiger partial charge >= 0.3 is 0 Å². The van der Waals surface area contributed by atoms with Crippen LogP contribution in [0.3, 0.4) is 0 Å². The molecule has 0 aromatic heterocycles. The van der Waals surface area contributed by atoms with Gasteiger partial charge < -0.3 is 11.1 Å². The summed E-state index contributed by atoms with van der Waals surface area (Å²) in [5, 5.41) is 3.00. The fourth-order valence-electron chi connectivity index (χ4n) is 3.16. The second-order valence-electron chi connectivity index (χ2n) is 6.26. The Morgan fingerprint density at radius 2 is 1.92 bits per heavy atom. The van der Waals surface area contributed by atoms with Gasteiger partial charge in [0.1, 0.15) is 0 Å². The molecule has 0 saturated heterocycles. The van der Waals surface area contributed by atoms with E-state index >= 15 is 0 Å². The highest BCUT2D eigenvalue weighted by atomic mass is 32.2. The number of nitrogens with two attached hydrogens (primary N) is 1. The number of carbonyl (C=O) groups is 1. The maximum absolute atomic E-state index is 12.7. The Morgan fingerprint density at radius 1 is 1.25 bits per heavy atom. The third kappa shape index (κ3) is 4.95. The molecule has 0 bridgehead atoms. The summed E-state index contributed by atoms with van der Waals surface area (Å²) in [6, 6.07) is 6.56. The fourth-order valence-corrected chi connectivity index (χ4v) is 3.82. The summed E-state index contributed by atoms with van der Waals surface area (Å²) in [5.41, 5.74) is 6.49. The van der Waals surface area contributed by atoms with Crippen LogP contribution < -0.4 is 15.8 Å². The van der Waals surface area contributed by atoms with Gasteiger partial charge in [0.25, 0.3) is 5.91 Å². The van der Waals surface area contributed by atoms with Gasteiger partial charge in [-0.1, -0.05) is 31.4 Å². The Labute approximate surface area is 144 Å². The molecule has 1 unspecified atom stereocenters. The molecule has 0 radical (unpaired) electrons. The summed E-state index contributed by atoms with van der Waals surface area (Å²) in [4.78, 5) is 12.7. The van der Waals surface area contributed by atoms with Crippen molar-refractivity contribution in [2.45, 2.75) is 45.1 Å². The van der Waals surface area contributed by atoms with Crippen LogP contribution in [0.5, 0.6) is 0 Å². The third-order valence-electron chi connectivity index (χ3n) is 4.61. The van der Waals surface area contributed by atoms with Crippen LogP contribution in [0.25, 0.3) is 0 Å². The van der Waals surface area contributed by atoms with Crippen LogP contribution in [-0.4, -0.2) is 32.7 Å². The molecule has 7 heteroatoms. The highest BCUT2D eigenvalue weighted by Gasteiger charge is 2.25. The number of benzene rings is 1. The third-order valence-corrected chi connectivity index (χ3v) is 5.90. The summed E-state index contributed by atoms with van der Waals surface area (Å²) < 4.78 is 26.1. The maximum Gasteiger partial charge on any atom is 0.253 e. The zero-order valence-corrected chi connectivity index (χ0v) is 14.9. The molecule has 24 heavy (non-hydrogen) atoms. The van der Waals surface area contributed by atoms with Crippen LogP contribution in [0.2, 0.25) is 0 Å². The molecule has 0 heterocycles. The predicted octanol–water partition coefficient (Wildman–Crippen LogP) is 2.09. The zero-order valence-electron chi connectivity index (χ0n) is 14.1. The van der Waals surface area contributed by atoms with E-state index in [1.165, 1.54) is 19.3 Å². The summed E-state index contributed by atoms with van der Waals surface area (Å²) in [7, 11) is -3.44. The molecule has 0 aliphatic heterocycles. The van der Waals surface area contributed by atoms with E-state index in [0.717, 1.165) is 12.8 Å². The monoisotopic (exact) mass is 353 g/mol. The number of nitrogens with one attached hydrogen (secondary N) is 2. The number of carbonyl (C=O) groups excluding carboxylic acids is 1. The zero-order chi connectivity index (χ0) is 17.6. The van der Waals surface area contributed by atoms with Crippen molar-refractivity contribution < 1.29 is 13.2 Å². The molecular formula is C17H27N3O3S. The van der Waals surface area contributed by atoms with Crippen molar-refractivity contribution in [3.8, 4) is 0 Å². The Hall–Kier alpha value is -1.60. The minimum Gasteiger partial charge on any atom is -0.348 e. The highest BCUT2D eigenvalue weighted by molar-refractivity contribution is 7.92. The summed E-state index contributed by atoms with van der Waals surface area (Å²) in [6.45, 7) is 1.94. The average Bonchev–Trinajstić information content (AvgIpc) is 2.60. The number of sulfonamides is 1. The number of hydrogen-bond donors (Lipinski definition) is 3. The van der Waals surface area contributed by atoms with E-state index in [9.17, 15) is 13.2 Å². The lowest BCUT2D eigenvalue weighted by atomic mass is 9.84. The van der Waals surface area contributed by atoms with E-state index in [4.69, 9.17) is 5.73 Å². The normalized spacial score (nSPS) is 17.2. The van der Waals surface area contributed by atoms with Crippen LogP contribution in [0.4, 0.5) is 5.69 Å². The number of amides is 1. The minimum atomic E-state index is -3.44. The van der Waals surface area contributed by atoms with E-state index < -0.39 is 10.0 Å². The summed E-state index contributed by atoms with van der Waals surface area (Å²) >= 11 is 0. The first kappa shape index (κ1) is 18.7. The predicted molar refractivity (Wildman–Crippen MR) is 96.4 cm³/mol. The lowest BCUT2D eigenvalue weighted by Gasteiger charge is -2.30. The van der Waals surface area contributed by atoms with Crippen LogP contribution in [-0.2, 0) is 10.0 Å². The molecule has 1 aromatic carbocycles. The Bertz CT molecular complexity index is 655. The molecule has 1 atom stereocenters. The highest BCUT2D eigenvalue weighted by Crippen LogP contribution is 2.26. The number of rotatable bonds is 7. The van der Waals surface area contributed by atoms with Gasteiger partial charge in [0.2, 0.25) is 10.0 Å².